The Morgan fingerprint density at radius 1 is 1.09 bits per heavy atom. The summed E-state index contributed by atoms with van der Waals surface area (Å²) in [7, 11) is 3.66. The number of nitrogens with zero attached hydrogens (tertiary/aromatic N) is 5. The standard InChI is InChI=1S/C24H29FN6OS2/c1-23(2)10-14(11-24(3,4)29-23)30(5)22-28-21-20(34-22)27-19(33-21)15-8-7-13(9-17(15)32)16-12-26-31(6)18(16)25/h7-9,12,14,29,32H,10-11H2,1-6H3. The van der Waals surface area contributed by atoms with Gasteiger partial charge in [-0.2, -0.15) is 9.49 Å². The molecule has 1 saturated heterocycles. The highest BCUT2D eigenvalue weighted by Gasteiger charge is 2.39. The summed E-state index contributed by atoms with van der Waals surface area (Å²) in [5.41, 5.74) is 1.65. The molecule has 3 aromatic heterocycles. The molecule has 0 unspecified atom stereocenters. The van der Waals surface area contributed by atoms with Crippen molar-refractivity contribution in [2.24, 2.45) is 7.05 Å². The van der Waals surface area contributed by atoms with Gasteiger partial charge in [0.05, 0.1) is 17.3 Å². The average Bonchev–Trinajstić information content (AvgIpc) is 3.39. The topological polar surface area (TPSA) is 79.1 Å². The lowest BCUT2D eigenvalue weighted by Crippen LogP contribution is -2.61. The first kappa shape index (κ1) is 23.2. The first-order valence-corrected chi connectivity index (χ1v) is 12.9. The minimum absolute atomic E-state index is 0.0543. The van der Waals surface area contributed by atoms with E-state index >= 15 is 0 Å². The zero-order valence-electron chi connectivity index (χ0n) is 20.2. The lowest BCUT2D eigenvalue weighted by atomic mass is 9.79. The second-order valence-corrected chi connectivity index (χ2v) is 12.3. The van der Waals surface area contributed by atoms with Gasteiger partial charge in [0.2, 0.25) is 5.95 Å². The van der Waals surface area contributed by atoms with Crippen LogP contribution in [0.5, 0.6) is 5.75 Å². The lowest BCUT2D eigenvalue weighted by Gasteiger charge is -2.48. The van der Waals surface area contributed by atoms with Crippen molar-refractivity contribution in [3.05, 3.63) is 30.3 Å². The summed E-state index contributed by atoms with van der Waals surface area (Å²) in [5, 5.41) is 20.0. The molecule has 0 saturated carbocycles. The molecular weight excluding hydrogens is 471 g/mol. The van der Waals surface area contributed by atoms with Crippen molar-refractivity contribution in [1.82, 2.24) is 25.1 Å². The van der Waals surface area contributed by atoms with Crippen LogP contribution in [0.1, 0.15) is 40.5 Å². The van der Waals surface area contributed by atoms with E-state index in [1.54, 1.807) is 36.6 Å². The van der Waals surface area contributed by atoms with Crippen molar-refractivity contribution >= 4 is 37.5 Å². The van der Waals surface area contributed by atoms with Crippen molar-refractivity contribution in [2.45, 2.75) is 57.7 Å². The summed E-state index contributed by atoms with van der Waals surface area (Å²) in [6, 6.07) is 5.48. The summed E-state index contributed by atoms with van der Waals surface area (Å²) >= 11 is 3.03. The summed E-state index contributed by atoms with van der Waals surface area (Å²) in [4.78, 5) is 13.6. The molecule has 7 nitrogen and oxygen atoms in total. The van der Waals surface area contributed by atoms with E-state index in [0.29, 0.717) is 27.7 Å². The predicted octanol–water partition coefficient (Wildman–Crippen LogP) is 5.41. The van der Waals surface area contributed by atoms with Crippen molar-refractivity contribution in [2.75, 3.05) is 11.9 Å². The SMILES string of the molecule is CN(c1nc2sc(-c3ccc(-c4cnn(C)c4F)cc3O)nc2s1)C1CC(C)(C)NC(C)(C)C1. The molecule has 4 heterocycles. The summed E-state index contributed by atoms with van der Waals surface area (Å²) < 4.78 is 15.4. The molecule has 0 aliphatic carbocycles. The summed E-state index contributed by atoms with van der Waals surface area (Å²) in [5.74, 6) is -0.387. The molecule has 1 aliphatic rings. The number of fused-ring (bicyclic) bond motifs is 1. The van der Waals surface area contributed by atoms with Gasteiger partial charge in [-0.25, -0.2) is 14.6 Å². The number of phenolic OH excluding ortho intramolecular Hbond substituents is 1. The van der Waals surface area contributed by atoms with E-state index in [-0.39, 0.29) is 16.8 Å². The summed E-state index contributed by atoms with van der Waals surface area (Å²) in [6.07, 6.45) is 3.53. The van der Waals surface area contributed by atoms with Crippen LogP contribution in [-0.2, 0) is 7.05 Å². The van der Waals surface area contributed by atoms with Crippen LogP contribution in [0.2, 0.25) is 0 Å². The largest absolute Gasteiger partial charge is 0.507 e. The number of benzene rings is 1. The zero-order chi connectivity index (χ0) is 24.4. The Labute approximate surface area is 206 Å². The smallest absolute Gasteiger partial charge is 0.219 e. The molecule has 1 fully saturated rings. The Hall–Kier alpha value is -2.56. The summed E-state index contributed by atoms with van der Waals surface area (Å²) in [6.45, 7) is 9.01. The van der Waals surface area contributed by atoms with Gasteiger partial charge in [0.25, 0.3) is 0 Å². The van der Waals surface area contributed by atoms with Gasteiger partial charge in [0, 0.05) is 31.2 Å². The number of rotatable bonds is 4. The first-order chi connectivity index (χ1) is 15.9. The maximum atomic E-state index is 14.2. The highest BCUT2D eigenvalue weighted by molar-refractivity contribution is 7.29. The number of phenols is 1. The zero-order valence-corrected chi connectivity index (χ0v) is 21.8. The first-order valence-electron chi connectivity index (χ1n) is 11.2. The van der Waals surface area contributed by atoms with Gasteiger partial charge >= 0.3 is 0 Å². The van der Waals surface area contributed by atoms with Crippen molar-refractivity contribution < 1.29 is 9.50 Å². The lowest BCUT2D eigenvalue weighted by molar-refractivity contribution is 0.161. The number of halogens is 1. The van der Waals surface area contributed by atoms with Crippen LogP contribution < -0.4 is 10.2 Å². The molecule has 0 atom stereocenters. The van der Waals surface area contributed by atoms with Crippen LogP contribution in [0, 0.1) is 5.95 Å². The molecule has 10 heteroatoms. The van der Waals surface area contributed by atoms with E-state index in [0.717, 1.165) is 27.6 Å². The third-order valence-corrected chi connectivity index (χ3v) is 8.54. The molecule has 0 amide bonds. The van der Waals surface area contributed by atoms with Gasteiger partial charge in [0.15, 0.2) is 14.8 Å². The number of aryl methyl sites for hydroxylation is 1. The number of hydrogen-bond acceptors (Lipinski definition) is 8. The van der Waals surface area contributed by atoms with E-state index < -0.39 is 5.95 Å². The molecule has 5 rings (SSSR count). The van der Waals surface area contributed by atoms with Gasteiger partial charge in [-0.15, -0.1) is 0 Å². The molecule has 34 heavy (non-hydrogen) atoms. The Bertz CT molecular complexity index is 1320. The molecule has 1 aliphatic heterocycles. The molecule has 2 N–H and O–H groups in total. The Morgan fingerprint density at radius 2 is 1.76 bits per heavy atom. The van der Waals surface area contributed by atoms with E-state index in [1.165, 1.54) is 22.2 Å². The van der Waals surface area contributed by atoms with Gasteiger partial charge in [-0.1, -0.05) is 28.7 Å². The molecule has 0 bridgehead atoms. The second-order valence-electron chi connectivity index (χ2n) is 10.4. The number of aromatic hydroxyl groups is 1. The van der Waals surface area contributed by atoms with Crippen LogP contribution >= 0.6 is 22.7 Å². The van der Waals surface area contributed by atoms with Crippen molar-refractivity contribution in [1.29, 1.82) is 0 Å². The molecule has 0 spiro atoms. The molecule has 4 aromatic rings. The number of aromatic nitrogens is 4. The van der Waals surface area contributed by atoms with E-state index in [1.807, 2.05) is 0 Å². The Balaban J connectivity index is 1.40. The van der Waals surface area contributed by atoms with E-state index in [9.17, 15) is 9.50 Å². The minimum atomic E-state index is -0.441. The van der Waals surface area contributed by atoms with Crippen molar-refractivity contribution in [3.63, 3.8) is 0 Å². The normalized spacial score (nSPS) is 18.0. The van der Waals surface area contributed by atoms with Gasteiger partial charge in [-0.05, 0) is 58.2 Å². The maximum Gasteiger partial charge on any atom is 0.219 e. The Kier molecular flexibility index (Phi) is 5.46. The molecule has 0 radical (unpaired) electrons. The van der Waals surface area contributed by atoms with Crippen LogP contribution in [0.15, 0.2) is 24.4 Å². The van der Waals surface area contributed by atoms with Crippen LogP contribution in [0.4, 0.5) is 9.52 Å². The number of nitrogens with one attached hydrogen (secondary N) is 1. The number of piperidine rings is 1. The Morgan fingerprint density at radius 3 is 2.35 bits per heavy atom. The third kappa shape index (κ3) is 4.18. The fraction of sp³-hybridized carbons (Fsp3) is 0.458. The average molecular weight is 501 g/mol. The highest BCUT2D eigenvalue weighted by atomic mass is 32.1. The maximum absolute atomic E-state index is 14.2. The fourth-order valence-corrected chi connectivity index (χ4v) is 7.20. The number of hydrogen-bond donors (Lipinski definition) is 2. The van der Waals surface area contributed by atoms with Crippen LogP contribution in [-0.4, -0.2) is 49.0 Å². The minimum Gasteiger partial charge on any atom is -0.507 e. The van der Waals surface area contributed by atoms with E-state index in [2.05, 4.69) is 50.1 Å². The molecule has 180 valence electrons. The third-order valence-electron chi connectivity index (χ3n) is 6.39. The van der Waals surface area contributed by atoms with Gasteiger partial charge < -0.3 is 15.3 Å². The molecular formula is C24H29FN6OS2. The second kappa shape index (κ2) is 8.00. The molecule has 1 aromatic carbocycles. The monoisotopic (exact) mass is 500 g/mol. The van der Waals surface area contributed by atoms with E-state index in [4.69, 9.17) is 9.97 Å². The predicted molar refractivity (Wildman–Crippen MR) is 137 cm³/mol. The fourth-order valence-electron chi connectivity index (χ4n) is 5.09. The number of thiazole rings is 2. The quantitative estimate of drug-likeness (QED) is 0.390. The van der Waals surface area contributed by atoms with Gasteiger partial charge in [0.1, 0.15) is 10.8 Å². The van der Waals surface area contributed by atoms with Crippen molar-refractivity contribution in [3.8, 4) is 27.4 Å². The number of anilines is 1. The van der Waals surface area contributed by atoms with Gasteiger partial charge in [-0.3, -0.25) is 0 Å². The van der Waals surface area contributed by atoms with Crippen LogP contribution in [0.3, 0.4) is 0 Å². The highest BCUT2D eigenvalue weighted by Crippen LogP contribution is 2.41. The van der Waals surface area contributed by atoms with Crippen LogP contribution in [0.25, 0.3) is 31.4 Å².